The Morgan fingerprint density at radius 2 is 2.22 bits per heavy atom. The van der Waals surface area contributed by atoms with E-state index in [0.29, 0.717) is 6.54 Å². The first-order valence-electron chi connectivity index (χ1n) is 7.55. The van der Waals surface area contributed by atoms with Gasteiger partial charge in [-0.05, 0) is 25.8 Å². The van der Waals surface area contributed by atoms with E-state index >= 15 is 0 Å². The summed E-state index contributed by atoms with van der Waals surface area (Å²) in [5.74, 6) is 0.00226. The Bertz CT molecular complexity index is 718. The first-order valence-corrected chi connectivity index (χ1v) is 7.55. The fourth-order valence-electron chi connectivity index (χ4n) is 2.50. The SMILES string of the molecule is Cc1c(CNC(=O)Cn2nc(C(F)F)cc2C2CC2)cnn1C. The van der Waals surface area contributed by atoms with E-state index in [1.165, 1.54) is 10.7 Å². The van der Waals surface area contributed by atoms with Crippen LogP contribution >= 0.6 is 0 Å². The summed E-state index contributed by atoms with van der Waals surface area (Å²) in [6.45, 7) is 2.24. The van der Waals surface area contributed by atoms with Crippen LogP contribution in [-0.4, -0.2) is 25.5 Å². The van der Waals surface area contributed by atoms with E-state index in [9.17, 15) is 13.6 Å². The summed E-state index contributed by atoms with van der Waals surface area (Å²) in [4.78, 5) is 12.1. The van der Waals surface area contributed by atoms with E-state index in [4.69, 9.17) is 0 Å². The van der Waals surface area contributed by atoms with Gasteiger partial charge in [-0.3, -0.25) is 14.2 Å². The maximum atomic E-state index is 12.8. The second-order valence-electron chi connectivity index (χ2n) is 5.88. The number of carbonyl (C=O) groups excluding carboxylic acids is 1. The largest absolute Gasteiger partial charge is 0.350 e. The van der Waals surface area contributed by atoms with Gasteiger partial charge in [-0.1, -0.05) is 0 Å². The number of hydrogen-bond donors (Lipinski definition) is 1. The summed E-state index contributed by atoms with van der Waals surface area (Å²) in [7, 11) is 1.83. The molecule has 0 radical (unpaired) electrons. The topological polar surface area (TPSA) is 64.7 Å². The number of hydrogen-bond acceptors (Lipinski definition) is 3. The monoisotopic (exact) mass is 323 g/mol. The minimum Gasteiger partial charge on any atom is -0.350 e. The van der Waals surface area contributed by atoms with Gasteiger partial charge in [-0.2, -0.15) is 10.2 Å². The molecule has 0 bridgehead atoms. The molecule has 23 heavy (non-hydrogen) atoms. The molecule has 1 amide bonds. The molecule has 2 heterocycles. The van der Waals surface area contributed by atoms with E-state index in [0.717, 1.165) is 29.8 Å². The van der Waals surface area contributed by atoms with E-state index in [-0.39, 0.29) is 24.1 Å². The fourth-order valence-corrected chi connectivity index (χ4v) is 2.50. The van der Waals surface area contributed by atoms with E-state index in [1.54, 1.807) is 10.9 Å². The third-order valence-electron chi connectivity index (χ3n) is 4.16. The molecule has 1 N–H and O–H groups in total. The van der Waals surface area contributed by atoms with Crippen molar-refractivity contribution < 1.29 is 13.6 Å². The van der Waals surface area contributed by atoms with Crippen LogP contribution in [0.4, 0.5) is 8.78 Å². The highest BCUT2D eigenvalue weighted by Gasteiger charge is 2.30. The number of aromatic nitrogens is 4. The van der Waals surface area contributed by atoms with Gasteiger partial charge in [-0.15, -0.1) is 0 Å². The number of alkyl halides is 2. The average Bonchev–Trinajstić information content (AvgIpc) is 3.19. The summed E-state index contributed by atoms with van der Waals surface area (Å²) in [5, 5.41) is 10.8. The molecular weight excluding hydrogens is 304 g/mol. The highest BCUT2D eigenvalue weighted by Crippen LogP contribution is 2.41. The van der Waals surface area contributed by atoms with Gasteiger partial charge in [-0.25, -0.2) is 8.78 Å². The molecule has 0 unspecified atom stereocenters. The van der Waals surface area contributed by atoms with Crippen LogP contribution in [0.2, 0.25) is 0 Å². The number of amides is 1. The lowest BCUT2D eigenvalue weighted by atomic mass is 10.2. The number of nitrogens with zero attached hydrogens (tertiary/aromatic N) is 4. The van der Waals surface area contributed by atoms with Crippen molar-refractivity contribution in [2.24, 2.45) is 7.05 Å². The van der Waals surface area contributed by atoms with Crippen molar-refractivity contribution in [2.75, 3.05) is 0 Å². The minimum atomic E-state index is -2.62. The lowest BCUT2D eigenvalue weighted by molar-refractivity contribution is -0.122. The molecule has 1 fully saturated rings. The zero-order valence-corrected chi connectivity index (χ0v) is 13.1. The van der Waals surface area contributed by atoms with Gasteiger partial charge >= 0.3 is 0 Å². The average molecular weight is 323 g/mol. The summed E-state index contributed by atoms with van der Waals surface area (Å²) in [5.41, 5.74) is 2.37. The van der Waals surface area contributed by atoms with Crippen LogP contribution in [0.5, 0.6) is 0 Å². The Morgan fingerprint density at radius 3 is 2.78 bits per heavy atom. The summed E-state index contributed by atoms with van der Waals surface area (Å²) in [6, 6.07) is 1.42. The third-order valence-corrected chi connectivity index (χ3v) is 4.16. The van der Waals surface area contributed by atoms with Gasteiger partial charge in [0.05, 0.1) is 6.20 Å². The second-order valence-corrected chi connectivity index (χ2v) is 5.88. The standard InChI is InChI=1S/C15H19F2N5O/c1-9-11(7-19-21(9)2)6-18-14(23)8-22-13(10-3-4-10)5-12(20-22)15(16)17/h5,7,10,15H,3-4,6,8H2,1-2H3,(H,18,23). The van der Waals surface area contributed by atoms with Crippen LogP contribution < -0.4 is 5.32 Å². The summed E-state index contributed by atoms with van der Waals surface area (Å²) in [6.07, 6.45) is 1.01. The number of rotatable bonds is 6. The lowest BCUT2D eigenvalue weighted by Crippen LogP contribution is -2.28. The van der Waals surface area contributed by atoms with E-state index in [2.05, 4.69) is 15.5 Å². The van der Waals surface area contributed by atoms with Gasteiger partial charge in [0, 0.05) is 36.5 Å². The first-order chi connectivity index (χ1) is 11.0. The highest BCUT2D eigenvalue weighted by atomic mass is 19.3. The van der Waals surface area contributed by atoms with Crippen molar-refractivity contribution in [3.8, 4) is 0 Å². The van der Waals surface area contributed by atoms with Crippen LogP contribution in [-0.2, 0) is 24.9 Å². The zero-order chi connectivity index (χ0) is 16.6. The van der Waals surface area contributed by atoms with Crippen molar-refractivity contribution in [2.45, 2.75) is 45.2 Å². The molecular formula is C15H19F2N5O. The van der Waals surface area contributed by atoms with Crippen LogP contribution in [0, 0.1) is 6.92 Å². The van der Waals surface area contributed by atoms with Gasteiger partial charge in [0.1, 0.15) is 12.2 Å². The number of nitrogens with one attached hydrogen (secondary N) is 1. The molecule has 6 nitrogen and oxygen atoms in total. The van der Waals surface area contributed by atoms with Crippen LogP contribution in [0.3, 0.4) is 0 Å². The predicted octanol–water partition coefficient (Wildman–Crippen LogP) is 2.06. The summed E-state index contributed by atoms with van der Waals surface area (Å²) < 4.78 is 28.8. The van der Waals surface area contributed by atoms with Gasteiger partial charge in [0.15, 0.2) is 0 Å². The number of halogens is 2. The molecule has 2 aromatic heterocycles. The molecule has 0 atom stereocenters. The maximum Gasteiger partial charge on any atom is 0.282 e. The molecule has 8 heteroatoms. The van der Waals surface area contributed by atoms with Crippen molar-refractivity contribution in [1.29, 1.82) is 0 Å². The molecule has 1 saturated carbocycles. The minimum absolute atomic E-state index is 0.0438. The Morgan fingerprint density at radius 1 is 1.48 bits per heavy atom. The molecule has 1 aliphatic rings. The molecule has 3 rings (SSSR count). The van der Waals surface area contributed by atoms with Gasteiger partial charge < -0.3 is 5.32 Å². The third kappa shape index (κ3) is 3.40. The molecule has 1 aliphatic carbocycles. The smallest absolute Gasteiger partial charge is 0.282 e. The molecule has 0 aliphatic heterocycles. The number of carbonyl (C=O) groups is 1. The lowest BCUT2D eigenvalue weighted by Gasteiger charge is -2.08. The molecule has 2 aromatic rings. The quantitative estimate of drug-likeness (QED) is 0.885. The van der Waals surface area contributed by atoms with Crippen LogP contribution in [0.15, 0.2) is 12.3 Å². The molecule has 0 saturated heterocycles. The van der Waals surface area contributed by atoms with Gasteiger partial charge in [0.25, 0.3) is 6.43 Å². The van der Waals surface area contributed by atoms with E-state index < -0.39 is 6.43 Å². The normalized spacial score (nSPS) is 14.5. The molecule has 0 aromatic carbocycles. The predicted molar refractivity (Wildman–Crippen MR) is 79.0 cm³/mol. The summed E-state index contributed by atoms with van der Waals surface area (Å²) >= 11 is 0. The molecule has 0 spiro atoms. The van der Waals surface area contributed by atoms with Crippen molar-refractivity contribution in [3.05, 3.63) is 34.9 Å². The Kier molecular flexibility index (Phi) is 4.14. The van der Waals surface area contributed by atoms with Crippen LogP contribution in [0.1, 0.15) is 47.8 Å². The Balaban J connectivity index is 1.64. The van der Waals surface area contributed by atoms with Crippen molar-refractivity contribution in [1.82, 2.24) is 24.9 Å². The highest BCUT2D eigenvalue weighted by molar-refractivity contribution is 5.75. The Hall–Kier alpha value is -2.25. The number of aryl methyl sites for hydroxylation is 1. The van der Waals surface area contributed by atoms with E-state index in [1.807, 2.05) is 14.0 Å². The van der Waals surface area contributed by atoms with Crippen molar-refractivity contribution >= 4 is 5.91 Å². The van der Waals surface area contributed by atoms with Crippen molar-refractivity contribution in [3.63, 3.8) is 0 Å². The second kappa shape index (κ2) is 6.10. The van der Waals surface area contributed by atoms with Crippen LogP contribution in [0.25, 0.3) is 0 Å². The fraction of sp³-hybridized carbons (Fsp3) is 0.533. The maximum absolute atomic E-state index is 12.8. The zero-order valence-electron chi connectivity index (χ0n) is 13.1. The first kappa shape index (κ1) is 15.6. The molecule has 124 valence electrons. The Labute approximate surface area is 132 Å². The van der Waals surface area contributed by atoms with Gasteiger partial charge in [0.2, 0.25) is 5.91 Å².